The molecule has 0 saturated carbocycles. The number of rotatable bonds is 6. The SMILES string of the molecule is NCCc1cn(CCOc2ccc(Br)cc2)nn1. The minimum absolute atomic E-state index is 0.563. The minimum Gasteiger partial charge on any atom is -0.492 e. The molecule has 0 fully saturated rings. The molecule has 0 unspecified atom stereocenters. The predicted molar refractivity (Wildman–Crippen MR) is 72.4 cm³/mol. The summed E-state index contributed by atoms with van der Waals surface area (Å²) in [4.78, 5) is 0. The summed E-state index contributed by atoms with van der Waals surface area (Å²) in [5.74, 6) is 0.848. The van der Waals surface area contributed by atoms with Gasteiger partial charge in [0.05, 0.1) is 12.2 Å². The van der Waals surface area contributed by atoms with Crippen molar-refractivity contribution in [3.63, 3.8) is 0 Å². The summed E-state index contributed by atoms with van der Waals surface area (Å²) in [6.07, 6.45) is 2.66. The van der Waals surface area contributed by atoms with E-state index in [-0.39, 0.29) is 0 Å². The summed E-state index contributed by atoms with van der Waals surface area (Å²) in [6.45, 7) is 1.83. The van der Waals surface area contributed by atoms with Crippen LogP contribution in [0.25, 0.3) is 0 Å². The summed E-state index contributed by atoms with van der Waals surface area (Å²) in [5, 5.41) is 8.02. The van der Waals surface area contributed by atoms with Gasteiger partial charge in [-0.15, -0.1) is 5.10 Å². The lowest BCUT2D eigenvalue weighted by Crippen LogP contribution is -2.08. The molecule has 6 heteroatoms. The van der Waals surface area contributed by atoms with Crippen molar-refractivity contribution in [1.29, 1.82) is 0 Å². The zero-order valence-electron chi connectivity index (χ0n) is 9.92. The normalized spacial score (nSPS) is 10.6. The van der Waals surface area contributed by atoms with Gasteiger partial charge in [0.1, 0.15) is 12.4 Å². The van der Waals surface area contributed by atoms with Crippen molar-refractivity contribution >= 4 is 15.9 Å². The van der Waals surface area contributed by atoms with Crippen molar-refractivity contribution in [3.05, 3.63) is 40.6 Å². The summed E-state index contributed by atoms with van der Waals surface area (Å²) >= 11 is 3.38. The molecule has 2 aromatic rings. The highest BCUT2D eigenvalue weighted by Crippen LogP contribution is 2.15. The smallest absolute Gasteiger partial charge is 0.119 e. The molecule has 1 heterocycles. The molecule has 0 aliphatic heterocycles. The Kier molecular flexibility index (Phi) is 4.72. The van der Waals surface area contributed by atoms with Crippen molar-refractivity contribution < 1.29 is 4.74 Å². The van der Waals surface area contributed by atoms with E-state index in [4.69, 9.17) is 10.5 Å². The van der Waals surface area contributed by atoms with Gasteiger partial charge in [-0.25, -0.2) is 4.68 Å². The second-order valence-electron chi connectivity index (χ2n) is 3.81. The Balaban J connectivity index is 1.79. The highest BCUT2D eigenvalue weighted by atomic mass is 79.9. The quantitative estimate of drug-likeness (QED) is 0.880. The number of nitrogens with zero attached hydrogens (tertiary/aromatic N) is 3. The maximum Gasteiger partial charge on any atom is 0.119 e. The lowest BCUT2D eigenvalue weighted by atomic mass is 10.3. The van der Waals surface area contributed by atoms with Crippen LogP contribution in [0.5, 0.6) is 5.75 Å². The Morgan fingerprint density at radius 2 is 2.06 bits per heavy atom. The van der Waals surface area contributed by atoms with Gasteiger partial charge < -0.3 is 10.5 Å². The van der Waals surface area contributed by atoms with Crippen LogP contribution in [0, 0.1) is 0 Å². The van der Waals surface area contributed by atoms with E-state index in [1.165, 1.54) is 0 Å². The number of hydrogen-bond donors (Lipinski definition) is 1. The van der Waals surface area contributed by atoms with E-state index in [0.29, 0.717) is 19.7 Å². The first kappa shape index (κ1) is 13.0. The van der Waals surface area contributed by atoms with E-state index in [0.717, 1.165) is 22.3 Å². The number of ether oxygens (including phenoxy) is 1. The number of hydrogen-bond acceptors (Lipinski definition) is 4. The predicted octanol–water partition coefficient (Wildman–Crippen LogP) is 1.62. The van der Waals surface area contributed by atoms with Gasteiger partial charge in [-0.05, 0) is 30.8 Å². The first-order valence-corrected chi connectivity index (χ1v) is 6.54. The fourth-order valence-corrected chi connectivity index (χ4v) is 1.76. The van der Waals surface area contributed by atoms with Crippen LogP contribution in [-0.4, -0.2) is 28.1 Å². The first-order valence-electron chi connectivity index (χ1n) is 5.75. The third kappa shape index (κ3) is 3.82. The molecule has 1 aromatic carbocycles. The molecule has 0 amide bonds. The van der Waals surface area contributed by atoms with E-state index in [9.17, 15) is 0 Å². The van der Waals surface area contributed by atoms with Crippen molar-refractivity contribution in [3.8, 4) is 5.75 Å². The van der Waals surface area contributed by atoms with Crippen LogP contribution in [0.1, 0.15) is 5.69 Å². The molecular formula is C12H15BrN4O. The monoisotopic (exact) mass is 310 g/mol. The van der Waals surface area contributed by atoms with Crippen LogP contribution in [0.3, 0.4) is 0 Å². The maximum atomic E-state index is 5.60. The fourth-order valence-electron chi connectivity index (χ4n) is 1.50. The largest absolute Gasteiger partial charge is 0.492 e. The van der Waals surface area contributed by atoms with E-state index in [1.54, 1.807) is 4.68 Å². The lowest BCUT2D eigenvalue weighted by molar-refractivity contribution is 0.289. The molecular weight excluding hydrogens is 296 g/mol. The van der Waals surface area contributed by atoms with Crippen LogP contribution in [0.2, 0.25) is 0 Å². The van der Waals surface area contributed by atoms with Crippen molar-refractivity contribution in [2.75, 3.05) is 13.2 Å². The van der Waals surface area contributed by atoms with Crippen molar-refractivity contribution in [1.82, 2.24) is 15.0 Å². The van der Waals surface area contributed by atoms with Gasteiger partial charge in [-0.1, -0.05) is 21.1 Å². The third-order valence-corrected chi connectivity index (χ3v) is 2.92. The molecule has 1 aromatic heterocycles. The molecule has 0 spiro atoms. The molecule has 0 radical (unpaired) electrons. The highest BCUT2D eigenvalue weighted by molar-refractivity contribution is 9.10. The van der Waals surface area contributed by atoms with E-state index in [2.05, 4.69) is 26.2 Å². The van der Waals surface area contributed by atoms with Gasteiger partial charge in [0, 0.05) is 17.1 Å². The summed E-state index contributed by atoms with van der Waals surface area (Å²) in [5.41, 5.74) is 6.37. The zero-order valence-corrected chi connectivity index (χ0v) is 11.5. The van der Waals surface area contributed by atoms with Gasteiger partial charge in [-0.3, -0.25) is 0 Å². The van der Waals surface area contributed by atoms with Gasteiger partial charge in [-0.2, -0.15) is 0 Å². The van der Waals surface area contributed by atoms with Crippen LogP contribution >= 0.6 is 15.9 Å². The molecule has 18 heavy (non-hydrogen) atoms. The molecule has 2 N–H and O–H groups in total. The van der Waals surface area contributed by atoms with Gasteiger partial charge in [0.2, 0.25) is 0 Å². The Labute approximate surface area is 114 Å². The second kappa shape index (κ2) is 6.51. The van der Waals surface area contributed by atoms with Crippen LogP contribution < -0.4 is 10.5 Å². The summed E-state index contributed by atoms with van der Waals surface area (Å²) in [6, 6.07) is 7.74. The van der Waals surface area contributed by atoms with Gasteiger partial charge >= 0.3 is 0 Å². The van der Waals surface area contributed by atoms with E-state index >= 15 is 0 Å². The zero-order chi connectivity index (χ0) is 12.8. The highest BCUT2D eigenvalue weighted by Gasteiger charge is 2.00. The molecule has 0 bridgehead atoms. The topological polar surface area (TPSA) is 66.0 Å². The third-order valence-electron chi connectivity index (χ3n) is 2.39. The van der Waals surface area contributed by atoms with Crippen LogP contribution in [0.15, 0.2) is 34.9 Å². The fraction of sp³-hybridized carbons (Fsp3) is 0.333. The average Bonchev–Trinajstić information content (AvgIpc) is 2.80. The number of nitrogens with two attached hydrogens (primary N) is 1. The molecule has 0 atom stereocenters. The molecule has 0 saturated heterocycles. The van der Waals surface area contributed by atoms with E-state index < -0.39 is 0 Å². The Morgan fingerprint density at radius 1 is 1.28 bits per heavy atom. The Hall–Kier alpha value is -1.40. The first-order chi connectivity index (χ1) is 8.78. The molecule has 96 valence electrons. The average molecular weight is 311 g/mol. The minimum atomic E-state index is 0.563. The summed E-state index contributed by atoms with van der Waals surface area (Å²) < 4.78 is 8.41. The van der Waals surface area contributed by atoms with Crippen LogP contribution in [0.4, 0.5) is 0 Å². The Bertz CT molecular complexity index is 483. The number of aromatic nitrogens is 3. The molecule has 2 rings (SSSR count). The van der Waals surface area contributed by atoms with Gasteiger partial charge in [0.25, 0.3) is 0 Å². The summed E-state index contributed by atoms with van der Waals surface area (Å²) in [7, 11) is 0. The van der Waals surface area contributed by atoms with Crippen LogP contribution in [-0.2, 0) is 13.0 Å². The standard InChI is InChI=1S/C12H15BrN4O/c13-10-1-3-12(4-2-10)18-8-7-17-9-11(5-6-14)15-16-17/h1-4,9H,5-8,14H2. The lowest BCUT2D eigenvalue weighted by Gasteiger charge is -2.05. The van der Waals surface area contributed by atoms with Gasteiger partial charge in [0.15, 0.2) is 0 Å². The molecule has 0 aliphatic carbocycles. The van der Waals surface area contributed by atoms with Crippen molar-refractivity contribution in [2.45, 2.75) is 13.0 Å². The number of benzene rings is 1. The van der Waals surface area contributed by atoms with Crippen molar-refractivity contribution in [2.24, 2.45) is 5.73 Å². The molecule has 5 nitrogen and oxygen atoms in total. The van der Waals surface area contributed by atoms with E-state index in [1.807, 2.05) is 30.5 Å². The number of halogens is 1. The molecule has 0 aliphatic rings. The second-order valence-corrected chi connectivity index (χ2v) is 4.73. The maximum absolute atomic E-state index is 5.60. The Morgan fingerprint density at radius 3 is 2.78 bits per heavy atom.